The molecular formula is C13H16ClNO4. The number of carboxylic acids is 1. The molecule has 1 aromatic rings. The summed E-state index contributed by atoms with van der Waals surface area (Å²) in [5.41, 5.74) is -0.494. The van der Waals surface area contributed by atoms with Gasteiger partial charge in [-0.1, -0.05) is 41.9 Å². The lowest BCUT2D eigenvalue weighted by atomic mass is 10.1. The van der Waals surface area contributed by atoms with E-state index in [2.05, 4.69) is 5.32 Å². The highest BCUT2D eigenvalue weighted by Crippen LogP contribution is 2.27. The topological polar surface area (TPSA) is 75.6 Å². The second-order valence-electron chi connectivity index (χ2n) is 4.96. The average Bonchev–Trinajstić information content (AvgIpc) is 2.27. The number of alkyl carbamates (subject to hydrolysis) is 1. The molecule has 0 heterocycles. The van der Waals surface area contributed by atoms with Gasteiger partial charge in [0.05, 0.1) is 0 Å². The Bertz CT molecular complexity index is 469. The molecule has 5 nitrogen and oxygen atoms in total. The molecular weight excluding hydrogens is 270 g/mol. The number of alkyl halides is 1. The van der Waals surface area contributed by atoms with Crippen LogP contribution in [0.25, 0.3) is 0 Å². The zero-order valence-corrected chi connectivity index (χ0v) is 11.7. The number of amides is 1. The molecule has 1 atom stereocenters. The van der Waals surface area contributed by atoms with E-state index in [4.69, 9.17) is 16.3 Å². The maximum atomic E-state index is 11.7. The fourth-order valence-corrected chi connectivity index (χ4v) is 1.56. The Morgan fingerprint density at radius 2 is 1.74 bits per heavy atom. The first-order chi connectivity index (χ1) is 8.65. The fraction of sp³-hybridized carbons (Fsp3) is 0.385. The maximum absolute atomic E-state index is 11.7. The van der Waals surface area contributed by atoms with Crippen LogP contribution in [-0.4, -0.2) is 22.8 Å². The number of carbonyl (C=O) groups is 2. The van der Waals surface area contributed by atoms with E-state index in [1.807, 2.05) is 0 Å². The van der Waals surface area contributed by atoms with Crippen LogP contribution in [0.4, 0.5) is 4.79 Å². The Hall–Kier alpha value is -1.75. The van der Waals surface area contributed by atoms with Gasteiger partial charge >= 0.3 is 12.1 Å². The summed E-state index contributed by atoms with van der Waals surface area (Å²) in [5, 5.41) is 11.4. The number of rotatable bonds is 3. The molecule has 0 aliphatic rings. The molecule has 104 valence electrons. The van der Waals surface area contributed by atoms with Crippen molar-refractivity contribution in [1.82, 2.24) is 5.32 Å². The van der Waals surface area contributed by atoms with Gasteiger partial charge in [-0.2, -0.15) is 0 Å². The van der Waals surface area contributed by atoms with Gasteiger partial charge < -0.3 is 9.84 Å². The lowest BCUT2D eigenvalue weighted by molar-refractivity contribution is -0.141. The fourth-order valence-electron chi connectivity index (χ4n) is 1.36. The van der Waals surface area contributed by atoms with Crippen LogP contribution >= 0.6 is 11.6 Å². The van der Waals surface area contributed by atoms with E-state index >= 15 is 0 Å². The van der Waals surface area contributed by atoms with E-state index in [1.165, 1.54) is 12.1 Å². The van der Waals surface area contributed by atoms with Crippen molar-refractivity contribution in [3.05, 3.63) is 35.9 Å². The average molecular weight is 286 g/mol. The van der Waals surface area contributed by atoms with Gasteiger partial charge in [-0.3, -0.25) is 5.32 Å². The number of hydrogen-bond donors (Lipinski definition) is 2. The van der Waals surface area contributed by atoms with Crippen molar-refractivity contribution in [2.45, 2.75) is 31.4 Å². The zero-order chi connectivity index (χ0) is 14.7. The Labute approximate surface area is 116 Å². The van der Waals surface area contributed by atoms with Crippen molar-refractivity contribution in [1.29, 1.82) is 0 Å². The van der Waals surface area contributed by atoms with E-state index in [1.54, 1.807) is 39.0 Å². The predicted molar refractivity (Wildman–Crippen MR) is 71.0 cm³/mol. The van der Waals surface area contributed by atoms with Crippen molar-refractivity contribution in [2.24, 2.45) is 0 Å². The highest BCUT2D eigenvalue weighted by Gasteiger charge is 2.41. The summed E-state index contributed by atoms with van der Waals surface area (Å²) in [6.45, 7) is 5.02. The molecule has 1 rings (SSSR count). The second-order valence-corrected chi connectivity index (χ2v) is 5.52. The summed E-state index contributed by atoms with van der Waals surface area (Å²) in [7, 11) is 0. The second kappa shape index (κ2) is 5.48. The first kappa shape index (κ1) is 15.3. The summed E-state index contributed by atoms with van der Waals surface area (Å²) in [4.78, 5) is 20.9. The van der Waals surface area contributed by atoms with Crippen molar-refractivity contribution < 1.29 is 19.4 Å². The third kappa shape index (κ3) is 4.13. The molecule has 0 fully saturated rings. The number of carboxylic acid groups (broad SMARTS) is 1. The predicted octanol–water partition coefficient (Wildman–Crippen LogP) is 2.69. The lowest BCUT2D eigenvalue weighted by Crippen LogP contribution is -2.49. The van der Waals surface area contributed by atoms with Gasteiger partial charge in [0, 0.05) is 5.56 Å². The molecule has 1 amide bonds. The number of carbonyl (C=O) groups excluding carboxylic acids is 1. The molecule has 0 saturated carbocycles. The van der Waals surface area contributed by atoms with Crippen LogP contribution in [-0.2, 0) is 14.5 Å². The van der Waals surface area contributed by atoms with Gasteiger partial charge in [-0.15, -0.1) is 0 Å². The van der Waals surface area contributed by atoms with Gasteiger partial charge in [0.25, 0.3) is 0 Å². The van der Waals surface area contributed by atoms with Crippen molar-refractivity contribution >= 4 is 23.7 Å². The molecule has 0 radical (unpaired) electrons. The third-order valence-electron chi connectivity index (χ3n) is 2.14. The Morgan fingerprint density at radius 3 is 2.16 bits per heavy atom. The highest BCUT2D eigenvalue weighted by molar-refractivity contribution is 6.34. The summed E-state index contributed by atoms with van der Waals surface area (Å²) in [6, 6.07) is 8.01. The van der Waals surface area contributed by atoms with Crippen molar-refractivity contribution in [3.63, 3.8) is 0 Å². The minimum atomic E-state index is -2.05. The summed E-state index contributed by atoms with van der Waals surface area (Å²) in [5.74, 6) is -1.38. The van der Waals surface area contributed by atoms with Crippen LogP contribution in [0.2, 0.25) is 0 Å². The molecule has 0 bridgehead atoms. The van der Waals surface area contributed by atoms with E-state index in [9.17, 15) is 14.7 Å². The standard InChI is InChI=1S/C13H16ClNO4/c1-12(2,3)19-11(18)15-13(14,10(16)17)9-7-5-4-6-8-9/h4-8H,1-3H3,(H,15,18)(H,16,17)/t13-/m0/s1. The van der Waals surface area contributed by atoms with Crippen LogP contribution < -0.4 is 5.32 Å². The number of halogens is 1. The molecule has 0 saturated heterocycles. The first-order valence-electron chi connectivity index (χ1n) is 5.64. The van der Waals surface area contributed by atoms with Crippen LogP contribution in [0.1, 0.15) is 26.3 Å². The number of aliphatic carboxylic acids is 1. The number of hydrogen-bond acceptors (Lipinski definition) is 3. The minimum absolute atomic E-state index is 0.245. The molecule has 0 unspecified atom stereocenters. The Balaban J connectivity index is 2.97. The van der Waals surface area contributed by atoms with Crippen LogP contribution in [0, 0.1) is 0 Å². The molecule has 0 aliphatic heterocycles. The van der Waals surface area contributed by atoms with Crippen molar-refractivity contribution in [2.75, 3.05) is 0 Å². The van der Waals surface area contributed by atoms with E-state index < -0.39 is 22.7 Å². The van der Waals surface area contributed by atoms with E-state index in [-0.39, 0.29) is 5.56 Å². The SMILES string of the molecule is CC(C)(C)OC(=O)N[C@](Cl)(C(=O)O)c1ccccc1. The normalized spacial score (nSPS) is 14.3. The third-order valence-corrected chi connectivity index (χ3v) is 2.61. The lowest BCUT2D eigenvalue weighted by Gasteiger charge is -2.26. The van der Waals surface area contributed by atoms with Crippen LogP contribution in [0.5, 0.6) is 0 Å². The van der Waals surface area contributed by atoms with Crippen LogP contribution in [0.3, 0.4) is 0 Å². The largest absolute Gasteiger partial charge is 0.478 e. The molecule has 0 aliphatic carbocycles. The summed E-state index contributed by atoms with van der Waals surface area (Å²) < 4.78 is 5.01. The van der Waals surface area contributed by atoms with Gasteiger partial charge in [0.15, 0.2) is 0 Å². The van der Waals surface area contributed by atoms with Crippen LogP contribution in [0.15, 0.2) is 30.3 Å². The molecule has 0 aromatic heterocycles. The number of ether oxygens (including phenoxy) is 1. The Morgan fingerprint density at radius 1 is 1.21 bits per heavy atom. The number of benzene rings is 1. The summed E-state index contributed by atoms with van der Waals surface area (Å²) >= 11 is 6.01. The maximum Gasteiger partial charge on any atom is 0.409 e. The monoisotopic (exact) mass is 285 g/mol. The molecule has 0 spiro atoms. The van der Waals surface area contributed by atoms with Gasteiger partial charge in [-0.25, -0.2) is 9.59 Å². The molecule has 19 heavy (non-hydrogen) atoms. The first-order valence-corrected chi connectivity index (χ1v) is 6.02. The molecule has 6 heteroatoms. The highest BCUT2D eigenvalue weighted by atomic mass is 35.5. The van der Waals surface area contributed by atoms with Gasteiger partial charge in [0.1, 0.15) is 5.60 Å². The molecule has 2 N–H and O–H groups in total. The zero-order valence-electron chi connectivity index (χ0n) is 10.9. The van der Waals surface area contributed by atoms with E-state index in [0.29, 0.717) is 0 Å². The minimum Gasteiger partial charge on any atom is -0.478 e. The van der Waals surface area contributed by atoms with Crippen molar-refractivity contribution in [3.8, 4) is 0 Å². The smallest absolute Gasteiger partial charge is 0.409 e. The Kier molecular flexibility index (Phi) is 4.42. The summed E-state index contributed by atoms with van der Waals surface area (Å²) in [6.07, 6.45) is -0.895. The number of nitrogens with one attached hydrogen (secondary N) is 1. The van der Waals surface area contributed by atoms with Gasteiger partial charge in [0.2, 0.25) is 5.00 Å². The molecule has 1 aromatic carbocycles. The quantitative estimate of drug-likeness (QED) is 0.661. The van der Waals surface area contributed by atoms with E-state index in [0.717, 1.165) is 0 Å². The van der Waals surface area contributed by atoms with Gasteiger partial charge in [-0.05, 0) is 20.8 Å².